The van der Waals surface area contributed by atoms with E-state index < -0.39 is 5.97 Å². The van der Waals surface area contributed by atoms with Crippen LogP contribution >= 0.6 is 0 Å². The van der Waals surface area contributed by atoms with Crippen LogP contribution < -0.4 is 10.6 Å². The fourth-order valence-corrected chi connectivity index (χ4v) is 4.11. The SMILES string of the molecule is CN(C(=O)Cc1ccc2c(c1N)C(C)(C)CCC2(C)C)c1ccc(C(=O)O)[nH]1. The van der Waals surface area contributed by atoms with Gasteiger partial charge >= 0.3 is 5.97 Å². The Balaban J connectivity index is 1.90. The number of rotatable bonds is 4. The first kappa shape index (κ1) is 20.0. The Labute approximate surface area is 165 Å². The van der Waals surface area contributed by atoms with Gasteiger partial charge in [0.2, 0.25) is 5.91 Å². The molecule has 3 rings (SSSR count). The number of nitrogens with one attached hydrogen (secondary N) is 1. The molecular weight excluding hydrogens is 354 g/mol. The van der Waals surface area contributed by atoms with Gasteiger partial charge in [0, 0.05) is 12.7 Å². The predicted octanol–water partition coefficient (Wildman–Crippen LogP) is 3.85. The highest BCUT2D eigenvalue weighted by molar-refractivity contribution is 5.95. The lowest BCUT2D eigenvalue weighted by Crippen LogP contribution is -2.35. The van der Waals surface area contributed by atoms with E-state index in [0.29, 0.717) is 11.5 Å². The molecule has 150 valence electrons. The zero-order valence-electron chi connectivity index (χ0n) is 17.2. The van der Waals surface area contributed by atoms with E-state index in [-0.39, 0.29) is 28.9 Å². The molecule has 1 aromatic heterocycles. The van der Waals surface area contributed by atoms with Gasteiger partial charge < -0.3 is 20.7 Å². The number of aromatic amines is 1. The standard InChI is InChI=1S/C22H29N3O3/c1-21(2)10-11-22(3,4)18-14(21)7-6-13(19(18)23)12-17(26)25(5)16-9-8-15(24-16)20(27)28/h6-9,24H,10-12,23H2,1-5H3,(H,27,28). The van der Waals surface area contributed by atoms with Gasteiger partial charge in [-0.3, -0.25) is 4.79 Å². The summed E-state index contributed by atoms with van der Waals surface area (Å²) in [6, 6.07) is 7.11. The number of carboxylic acid groups (broad SMARTS) is 1. The highest BCUT2D eigenvalue weighted by Gasteiger charge is 2.39. The van der Waals surface area contributed by atoms with Crippen molar-refractivity contribution in [3.05, 3.63) is 46.6 Å². The first-order chi connectivity index (χ1) is 12.9. The molecule has 0 fully saturated rings. The number of nitrogens with two attached hydrogens (primary N) is 1. The first-order valence-electron chi connectivity index (χ1n) is 9.55. The number of hydrogen-bond donors (Lipinski definition) is 3. The smallest absolute Gasteiger partial charge is 0.352 e. The Kier molecular flexibility index (Phi) is 4.77. The highest BCUT2D eigenvalue weighted by Crippen LogP contribution is 2.48. The van der Waals surface area contributed by atoms with Gasteiger partial charge in [-0.1, -0.05) is 39.8 Å². The molecule has 0 aliphatic heterocycles. The number of amides is 1. The summed E-state index contributed by atoms with van der Waals surface area (Å²) in [5, 5.41) is 9.04. The summed E-state index contributed by atoms with van der Waals surface area (Å²) in [4.78, 5) is 28.0. The molecule has 4 N–H and O–H groups in total. The maximum absolute atomic E-state index is 12.8. The van der Waals surface area contributed by atoms with E-state index in [4.69, 9.17) is 10.8 Å². The number of aromatic carboxylic acids is 1. The van der Waals surface area contributed by atoms with Crippen LogP contribution in [0, 0.1) is 0 Å². The third kappa shape index (κ3) is 3.39. The molecule has 0 radical (unpaired) electrons. The van der Waals surface area contributed by atoms with Crippen molar-refractivity contribution >= 4 is 23.4 Å². The topological polar surface area (TPSA) is 99.4 Å². The van der Waals surface area contributed by atoms with Crippen LogP contribution in [-0.2, 0) is 22.0 Å². The molecule has 6 nitrogen and oxygen atoms in total. The number of H-pyrrole nitrogens is 1. The normalized spacial score (nSPS) is 17.0. The Bertz CT molecular complexity index is 940. The zero-order chi connectivity index (χ0) is 20.9. The van der Waals surface area contributed by atoms with Gasteiger partial charge in [-0.15, -0.1) is 0 Å². The van der Waals surface area contributed by atoms with Crippen molar-refractivity contribution in [2.75, 3.05) is 17.7 Å². The number of carbonyl (C=O) groups excluding carboxylic acids is 1. The molecule has 2 aromatic rings. The quantitative estimate of drug-likeness (QED) is 0.698. The van der Waals surface area contributed by atoms with Gasteiger partial charge in [-0.05, 0) is 52.5 Å². The fraction of sp³-hybridized carbons (Fsp3) is 0.455. The molecule has 0 saturated carbocycles. The van der Waals surface area contributed by atoms with Crippen molar-refractivity contribution in [2.45, 2.75) is 57.8 Å². The van der Waals surface area contributed by atoms with Crippen LogP contribution in [0.25, 0.3) is 0 Å². The summed E-state index contributed by atoms with van der Waals surface area (Å²) in [7, 11) is 1.63. The second-order valence-corrected chi connectivity index (χ2v) is 9.02. The number of aromatic nitrogens is 1. The van der Waals surface area contributed by atoms with E-state index in [1.54, 1.807) is 13.1 Å². The Morgan fingerprint density at radius 2 is 1.75 bits per heavy atom. The number of nitrogens with zero attached hydrogens (tertiary/aromatic N) is 1. The minimum Gasteiger partial charge on any atom is -0.477 e. The molecule has 1 amide bonds. The number of carbonyl (C=O) groups is 2. The monoisotopic (exact) mass is 383 g/mol. The van der Waals surface area contributed by atoms with Gasteiger partial charge in [0.25, 0.3) is 0 Å². The molecule has 0 saturated heterocycles. The largest absolute Gasteiger partial charge is 0.477 e. The summed E-state index contributed by atoms with van der Waals surface area (Å²) in [5.74, 6) is -0.769. The van der Waals surface area contributed by atoms with Crippen LogP contribution in [0.4, 0.5) is 11.5 Å². The van der Waals surface area contributed by atoms with Gasteiger partial charge in [0.1, 0.15) is 11.5 Å². The lowest BCUT2D eigenvalue weighted by molar-refractivity contribution is -0.117. The molecule has 0 unspecified atom stereocenters. The predicted molar refractivity (Wildman–Crippen MR) is 111 cm³/mol. The van der Waals surface area contributed by atoms with Crippen molar-refractivity contribution in [3.63, 3.8) is 0 Å². The number of anilines is 2. The molecule has 0 atom stereocenters. The average molecular weight is 383 g/mol. The van der Waals surface area contributed by atoms with Gasteiger partial charge in [0.05, 0.1) is 6.42 Å². The lowest BCUT2D eigenvalue weighted by Gasteiger charge is -2.43. The molecule has 1 aromatic carbocycles. The summed E-state index contributed by atoms with van der Waals surface area (Å²) in [6.07, 6.45) is 2.31. The van der Waals surface area contributed by atoms with Gasteiger partial charge in [-0.2, -0.15) is 0 Å². The average Bonchev–Trinajstić information content (AvgIpc) is 3.10. The Morgan fingerprint density at radius 3 is 2.36 bits per heavy atom. The number of benzene rings is 1. The summed E-state index contributed by atoms with van der Waals surface area (Å²) < 4.78 is 0. The number of fused-ring (bicyclic) bond motifs is 1. The maximum atomic E-state index is 12.8. The molecule has 1 heterocycles. The molecular formula is C22H29N3O3. The van der Waals surface area contributed by atoms with E-state index in [2.05, 4.69) is 38.7 Å². The van der Waals surface area contributed by atoms with E-state index in [0.717, 1.165) is 24.0 Å². The maximum Gasteiger partial charge on any atom is 0.352 e. The minimum atomic E-state index is -1.06. The minimum absolute atomic E-state index is 0.0320. The van der Waals surface area contributed by atoms with Crippen LogP contribution in [0.1, 0.15) is 67.7 Å². The van der Waals surface area contributed by atoms with Crippen molar-refractivity contribution in [1.29, 1.82) is 0 Å². The second kappa shape index (κ2) is 6.69. The molecule has 0 spiro atoms. The van der Waals surface area contributed by atoms with E-state index in [1.807, 2.05) is 6.07 Å². The number of hydrogen-bond acceptors (Lipinski definition) is 3. The van der Waals surface area contributed by atoms with Crippen molar-refractivity contribution in [1.82, 2.24) is 4.98 Å². The van der Waals surface area contributed by atoms with Crippen molar-refractivity contribution in [2.24, 2.45) is 0 Å². The van der Waals surface area contributed by atoms with Crippen molar-refractivity contribution in [3.8, 4) is 0 Å². The Morgan fingerprint density at radius 1 is 1.11 bits per heavy atom. The molecule has 28 heavy (non-hydrogen) atoms. The number of carboxylic acids is 1. The van der Waals surface area contributed by atoms with Crippen LogP contribution in [0.2, 0.25) is 0 Å². The fourth-order valence-electron chi connectivity index (χ4n) is 4.11. The van der Waals surface area contributed by atoms with Crippen LogP contribution in [-0.4, -0.2) is 29.0 Å². The van der Waals surface area contributed by atoms with Crippen molar-refractivity contribution < 1.29 is 14.7 Å². The second-order valence-electron chi connectivity index (χ2n) is 9.02. The Hall–Kier alpha value is -2.76. The van der Waals surface area contributed by atoms with E-state index >= 15 is 0 Å². The summed E-state index contributed by atoms with van der Waals surface area (Å²) in [6.45, 7) is 8.90. The molecule has 0 bridgehead atoms. The van der Waals surface area contributed by atoms with Gasteiger partial charge in [0.15, 0.2) is 0 Å². The molecule has 1 aliphatic rings. The molecule has 6 heteroatoms. The van der Waals surface area contributed by atoms with Crippen LogP contribution in [0.5, 0.6) is 0 Å². The van der Waals surface area contributed by atoms with E-state index in [9.17, 15) is 9.59 Å². The number of nitrogen functional groups attached to an aromatic ring is 1. The van der Waals surface area contributed by atoms with E-state index in [1.165, 1.54) is 16.5 Å². The first-order valence-corrected chi connectivity index (χ1v) is 9.55. The molecule has 1 aliphatic carbocycles. The summed E-state index contributed by atoms with van der Waals surface area (Å²) in [5.41, 5.74) is 10.6. The lowest BCUT2D eigenvalue weighted by atomic mass is 9.62. The zero-order valence-corrected chi connectivity index (χ0v) is 17.2. The third-order valence-corrected chi connectivity index (χ3v) is 6.09. The van der Waals surface area contributed by atoms with Crippen LogP contribution in [0.15, 0.2) is 24.3 Å². The summed E-state index contributed by atoms with van der Waals surface area (Å²) >= 11 is 0. The van der Waals surface area contributed by atoms with Crippen LogP contribution in [0.3, 0.4) is 0 Å². The third-order valence-electron chi connectivity index (χ3n) is 6.09. The highest BCUT2D eigenvalue weighted by atomic mass is 16.4. The number of likely N-dealkylation sites (N-methyl/N-ethyl adjacent to an activating group) is 1. The van der Waals surface area contributed by atoms with Gasteiger partial charge in [-0.25, -0.2) is 4.79 Å².